The molecule has 9 heteroatoms. The number of carbonyl (C=O) groups excluding carboxylic acids is 1. The first kappa shape index (κ1) is 21.5. The summed E-state index contributed by atoms with van der Waals surface area (Å²) in [6.07, 6.45) is 0.947. The number of carbonyl (C=O) groups is 1. The van der Waals surface area contributed by atoms with Crippen molar-refractivity contribution >= 4 is 29.0 Å². The molecule has 2 aromatic carbocycles. The topological polar surface area (TPSA) is 118 Å². The second kappa shape index (κ2) is 8.43. The van der Waals surface area contributed by atoms with Crippen molar-refractivity contribution in [2.24, 2.45) is 5.73 Å². The number of nitrogens with two attached hydrogens (primary N) is 1. The number of methoxy groups -OCH3 is 1. The number of ether oxygens (including phenoxy) is 1. The summed E-state index contributed by atoms with van der Waals surface area (Å²) in [5.41, 5.74) is 9.22. The highest BCUT2D eigenvalue weighted by molar-refractivity contribution is 5.96. The fourth-order valence-electron chi connectivity index (χ4n) is 3.85. The molecule has 0 atom stereocenters. The lowest BCUT2D eigenvalue weighted by Crippen LogP contribution is -2.44. The lowest BCUT2D eigenvalue weighted by atomic mass is 9.83. The molecular weight excluding hydrogens is 406 g/mol. The number of para-hydroxylation sites is 1. The van der Waals surface area contributed by atoms with E-state index in [1.807, 2.05) is 30.3 Å². The minimum Gasteiger partial charge on any atom is -0.495 e. The number of hydrogen-bond donors (Lipinski definition) is 3. The molecule has 166 valence electrons. The number of nitrogens with zero attached hydrogens (tertiary/aromatic N) is 4. The summed E-state index contributed by atoms with van der Waals surface area (Å²) in [6.45, 7) is 5.37. The Morgan fingerprint density at radius 2 is 1.91 bits per heavy atom. The molecule has 0 spiro atoms. The zero-order valence-corrected chi connectivity index (χ0v) is 18.6. The van der Waals surface area contributed by atoms with Crippen molar-refractivity contribution in [1.82, 2.24) is 20.1 Å². The highest BCUT2D eigenvalue weighted by Crippen LogP contribution is 2.40. The Morgan fingerprint density at radius 1 is 1.16 bits per heavy atom. The van der Waals surface area contributed by atoms with Crippen LogP contribution in [0.4, 0.5) is 23.1 Å². The van der Waals surface area contributed by atoms with Crippen molar-refractivity contribution in [3.05, 3.63) is 59.3 Å². The van der Waals surface area contributed by atoms with E-state index in [-0.39, 0.29) is 23.0 Å². The van der Waals surface area contributed by atoms with Gasteiger partial charge in [0.25, 0.3) is 5.91 Å². The molecule has 2 heterocycles. The summed E-state index contributed by atoms with van der Waals surface area (Å²) in [5.74, 6) is 0.405. The standard InChI is InChI=1S/C23H27N7O2/c1-23(2)16-13-17(18(32-4)12-14(16)10-11-30(23)3)26-22-27-21(19(20(24)31)28-29-22)25-15-8-6-5-7-9-15/h5-9,12-13H,10-11H2,1-4H3,(H2,24,31)(H2,25,26,27,29). The van der Waals surface area contributed by atoms with Crippen molar-refractivity contribution in [2.75, 3.05) is 31.3 Å². The van der Waals surface area contributed by atoms with Gasteiger partial charge in [-0.2, -0.15) is 4.98 Å². The number of likely N-dealkylation sites (N-methyl/N-ethyl adjacent to an activating group) is 1. The average molecular weight is 434 g/mol. The van der Waals surface area contributed by atoms with Crippen LogP contribution in [0.1, 0.15) is 35.5 Å². The smallest absolute Gasteiger partial charge is 0.273 e. The second-order valence-corrected chi connectivity index (χ2v) is 8.25. The minimum atomic E-state index is -0.717. The first-order valence-electron chi connectivity index (χ1n) is 10.4. The summed E-state index contributed by atoms with van der Waals surface area (Å²) in [5, 5.41) is 14.3. The molecule has 3 aromatic rings. The highest BCUT2D eigenvalue weighted by atomic mass is 16.5. The molecule has 0 aliphatic carbocycles. The Balaban J connectivity index is 1.72. The zero-order chi connectivity index (χ0) is 22.9. The molecule has 32 heavy (non-hydrogen) atoms. The molecule has 0 fully saturated rings. The van der Waals surface area contributed by atoms with Crippen LogP contribution < -0.4 is 21.1 Å². The van der Waals surface area contributed by atoms with Gasteiger partial charge >= 0.3 is 0 Å². The first-order chi connectivity index (χ1) is 15.3. The predicted octanol–water partition coefficient (Wildman–Crippen LogP) is 3.19. The van der Waals surface area contributed by atoms with Gasteiger partial charge in [-0.1, -0.05) is 18.2 Å². The lowest BCUT2D eigenvalue weighted by molar-refractivity contribution is 0.0995. The van der Waals surface area contributed by atoms with Gasteiger partial charge in [-0.3, -0.25) is 9.69 Å². The van der Waals surface area contributed by atoms with Crippen molar-refractivity contribution in [1.29, 1.82) is 0 Å². The van der Waals surface area contributed by atoms with Crippen LogP contribution in [0.3, 0.4) is 0 Å². The Kier molecular flexibility index (Phi) is 5.67. The maximum atomic E-state index is 11.8. The molecule has 9 nitrogen and oxygen atoms in total. The molecule has 0 unspecified atom stereocenters. The van der Waals surface area contributed by atoms with Crippen LogP contribution in [0.25, 0.3) is 0 Å². The number of amides is 1. The van der Waals surface area contributed by atoms with Crippen LogP contribution >= 0.6 is 0 Å². The van der Waals surface area contributed by atoms with E-state index in [0.717, 1.165) is 18.7 Å². The van der Waals surface area contributed by atoms with Crippen molar-refractivity contribution in [3.63, 3.8) is 0 Å². The fraction of sp³-hybridized carbons (Fsp3) is 0.304. The molecule has 0 radical (unpaired) electrons. The van der Waals surface area contributed by atoms with Gasteiger partial charge in [0.15, 0.2) is 11.5 Å². The molecule has 1 aliphatic rings. The second-order valence-electron chi connectivity index (χ2n) is 8.25. The van der Waals surface area contributed by atoms with Crippen molar-refractivity contribution in [2.45, 2.75) is 25.8 Å². The molecule has 0 bridgehead atoms. The van der Waals surface area contributed by atoms with Crippen LogP contribution in [-0.2, 0) is 12.0 Å². The number of fused-ring (bicyclic) bond motifs is 1. The third kappa shape index (κ3) is 4.06. The lowest BCUT2D eigenvalue weighted by Gasteiger charge is -2.42. The maximum absolute atomic E-state index is 11.8. The van der Waals surface area contributed by atoms with Crippen LogP contribution in [-0.4, -0.2) is 46.7 Å². The SMILES string of the molecule is COc1cc2c(cc1Nc1nnc(C(N)=O)c(Nc3ccccc3)n1)C(C)(C)N(C)CC2. The number of primary amides is 1. The fourth-order valence-corrected chi connectivity index (χ4v) is 3.85. The van der Waals surface area contributed by atoms with Gasteiger partial charge in [0.2, 0.25) is 5.95 Å². The van der Waals surface area contributed by atoms with Gasteiger partial charge in [0, 0.05) is 17.8 Å². The van der Waals surface area contributed by atoms with E-state index in [0.29, 0.717) is 11.4 Å². The highest BCUT2D eigenvalue weighted by Gasteiger charge is 2.33. The maximum Gasteiger partial charge on any atom is 0.273 e. The Bertz CT molecular complexity index is 1150. The summed E-state index contributed by atoms with van der Waals surface area (Å²) < 4.78 is 5.62. The van der Waals surface area contributed by atoms with E-state index >= 15 is 0 Å². The largest absolute Gasteiger partial charge is 0.495 e. The molecular formula is C23H27N7O2. The van der Waals surface area contributed by atoms with Gasteiger partial charge < -0.3 is 21.1 Å². The molecule has 4 rings (SSSR count). The summed E-state index contributed by atoms with van der Waals surface area (Å²) in [4.78, 5) is 18.6. The number of rotatable bonds is 6. The predicted molar refractivity (Wildman–Crippen MR) is 124 cm³/mol. The van der Waals surface area contributed by atoms with E-state index in [4.69, 9.17) is 10.5 Å². The molecule has 1 aromatic heterocycles. The van der Waals surface area contributed by atoms with E-state index in [1.54, 1.807) is 7.11 Å². The summed E-state index contributed by atoms with van der Waals surface area (Å²) >= 11 is 0. The van der Waals surface area contributed by atoms with Crippen LogP contribution in [0, 0.1) is 0 Å². The number of nitrogens with one attached hydrogen (secondary N) is 2. The number of benzene rings is 2. The minimum absolute atomic E-state index is 0.0421. The zero-order valence-electron chi connectivity index (χ0n) is 18.6. The van der Waals surface area contributed by atoms with Gasteiger partial charge in [-0.15, -0.1) is 10.2 Å². The number of aromatic nitrogens is 3. The van der Waals surface area contributed by atoms with E-state index in [2.05, 4.69) is 63.7 Å². The van der Waals surface area contributed by atoms with Gasteiger partial charge in [0.1, 0.15) is 5.75 Å². The Hall–Kier alpha value is -3.72. The molecule has 1 amide bonds. The normalized spacial score (nSPS) is 15.0. The average Bonchev–Trinajstić information content (AvgIpc) is 2.77. The quantitative estimate of drug-likeness (QED) is 0.542. The van der Waals surface area contributed by atoms with Crippen LogP contribution in [0.2, 0.25) is 0 Å². The van der Waals surface area contributed by atoms with Crippen LogP contribution in [0.5, 0.6) is 5.75 Å². The molecule has 1 aliphatic heterocycles. The molecule has 4 N–H and O–H groups in total. The van der Waals surface area contributed by atoms with Gasteiger partial charge in [-0.25, -0.2) is 0 Å². The van der Waals surface area contributed by atoms with Crippen LogP contribution in [0.15, 0.2) is 42.5 Å². The van der Waals surface area contributed by atoms with E-state index < -0.39 is 5.91 Å². The number of hydrogen-bond acceptors (Lipinski definition) is 8. The van der Waals surface area contributed by atoms with Gasteiger partial charge in [0.05, 0.1) is 12.8 Å². The molecule has 0 saturated heterocycles. The Labute approximate surface area is 187 Å². The summed E-state index contributed by atoms with van der Waals surface area (Å²) in [6, 6.07) is 13.5. The van der Waals surface area contributed by atoms with E-state index in [9.17, 15) is 4.79 Å². The first-order valence-corrected chi connectivity index (χ1v) is 10.4. The number of anilines is 4. The summed E-state index contributed by atoms with van der Waals surface area (Å²) in [7, 11) is 3.75. The van der Waals surface area contributed by atoms with Crippen molar-refractivity contribution in [3.8, 4) is 5.75 Å². The Morgan fingerprint density at radius 3 is 2.59 bits per heavy atom. The van der Waals surface area contributed by atoms with E-state index in [1.165, 1.54) is 11.1 Å². The van der Waals surface area contributed by atoms with Gasteiger partial charge in [-0.05, 0) is 62.7 Å². The molecule has 0 saturated carbocycles. The monoisotopic (exact) mass is 433 g/mol. The van der Waals surface area contributed by atoms with Crippen molar-refractivity contribution < 1.29 is 9.53 Å². The third-order valence-electron chi connectivity index (χ3n) is 5.96. The third-order valence-corrected chi connectivity index (χ3v) is 5.96.